The van der Waals surface area contributed by atoms with Crippen LogP contribution in [-0.2, 0) is 12.0 Å². The first-order valence-corrected chi connectivity index (χ1v) is 9.75. The molecule has 0 atom stereocenters. The summed E-state index contributed by atoms with van der Waals surface area (Å²) >= 11 is 0. The van der Waals surface area contributed by atoms with Crippen LogP contribution in [0.15, 0.2) is 79.4 Å². The van der Waals surface area contributed by atoms with E-state index in [2.05, 4.69) is 66.4 Å². The van der Waals surface area contributed by atoms with Crippen molar-refractivity contribution in [1.29, 1.82) is 0 Å². The van der Waals surface area contributed by atoms with Crippen LogP contribution in [0, 0.1) is 0 Å². The average Bonchev–Trinajstić information content (AvgIpc) is 3.23. The zero-order valence-electron chi connectivity index (χ0n) is 17.0. The Balaban J connectivity index is 1.57. The van der Waals surface area contributed by atoms with Crippen molar-refractivity contribution in [2.45, 2.75) is 32.7 Å². The molecule has 0 fully saturated rings. The molecule has 2 aromatic heterocycles. The number of pyridine rings is 1. The lowest BCUT2D eigenvalue weighted by atomic mass is 9.87. The standard InChI is InChI=1S/C24H25N5/c1-24(2,3)19-8-10-20(11-9-19)29-17-27-23(28-29)21-6-4-5-7-22(21)26-16-18-12-14-25-15-13-18/h4-15,17,26H,16H2,1-3H3. The van der Waals surface area contributed by atoms with Crippen molar-refractivity contribution in [1.82, 2.24) is 19.7 Å². The fourth-order valence-corrected chi connectivity index (χ4v) is 3.16. The Kier molecular flexibility index (Phi) is 5.12. The molecule has 5 nitrogen and oxygen atoms in total. The van der Waals surface area contributed by atoms with Crippen LogP contribution in [-0.4, -0.2) is 19.7 Å². The van der Waals surface area contributed by atoms with Gasteiger partial charge in [-0.2, -0.15) is 0 Å². The first kappa shape index (κ1) is 18.9. The van der Waals surface area contributed by atoms with Crippen molar-refractivity contribution in [3.63, 3.8) is 0 Å². The summed E-state index contributed by atoms with van der Waals surface area (Å²) < 4.78 is 1.82. The number of hydrogen-bond donors (Lipinski definition) is 1. The highest BCUT2D eigenvalue weighted by Gasteiger charge is 2.14. The molecule has 0 radical (unpaired) electrons. The van der Waals surface area contributed by atoms with E-state index in [0.717, 1.165) is 16.9 Å². The molecule has 1 N–H and O–H groups in total. The van der Waals surface area contributed by atoms with Crippen LogP contribution in [0.25, 0.3) is 17.1 Å². The third-order valence-electron chi connectivity index (χ3n) is 4.89. The maximum absolute atomic E-state index is 4.71. The largest absolute Gasteiger partial charge is 0.380 e. The number of para-hydroxylation sites is 1. The molecule has 29 heavy (non-hydrogen) atoms. The Morgan fingerprint density at radius 2 is 1.62 bits per heavy atom. The molecule has 5 heteroatoms. The van der Waals surface area contributed by atoms with Crippen molar-refractivity contribution >= 4 is 5.69 Å². The molecule has 4 aromatic rings. The van der Waals surface area contributed by atoms with Gasteiger partial charge in [-0.05, 0) is 52.9 Å². The molecule has 2 heterocycles. The van der Waals surface area contributed by atoms with Crippen LogP contribution in [0.5, 0.6) is 0 Å². The van der Waals surface area contributed by atoms with Crippen LogP contribution in [0.2, 0.25) is 0 Å². The Hall–Kier alpha value is -3.47. The van der Waals surface area contributed by atoms with Crippen molar-refractivity contribution < 1.29 is 0 Å². The summed E-state index contributed by atoms with van der Waals surface area (Å²) in [5.41, 5.74) is 5.58. The third-order valence-corrected chi connectivity index (χ3v) is 4.89. The smallest absolute Gasteiger partial charge is 0.183 e. The van der Waals surface area contributed by atoms with Gasteiger partial charge < -0.3 is 5.32 Å². The molecule has 0 aliphatic heterocycles. The SMILES string of the molecule is CC(C)(C)c1ccc(-n2cnc(-c3ccccc3NCc3ccncc3)n2)cc1. The summed E-state index contributed by atoms with van der Waals surface area (Å²) in [4.78, 5) is 8.62. The highest BCUT2D eigenvalue weighted by Crippen LogP contribution is 2.26. The summed E-state index contributed by atoms with van der Waals surface area (Å²) in [5.74, 6) is 0.697. The fourth-order valence-electron chi connectivity index (χ4n) is 3.16. The van der Waals surface area contributed by atoms with E-state index in [9.17, 15) is 0 Å². The van der Waals surface area contributed by atoms with Gasteiger partial charge in [0.2, 0.25) is 0 Å². The molecule has 0 amide bonds. The second-order valence-electron chi connectivity index (χ2n) is 8.06. The number of hydrogen-bond acceptors (Lipinski definition) is 4. The van der Waals surface area contributed by atoms with Gasteiger partial charge in [-0.15, -0.1) is 5.10 Å². The summed E-state index contributed by atoms with van der Waals surface area (Å²) in [7, 11) is 0. The zero-order chi connectivity index (χ0) is 20.3. The number of benzene rings is 2. The maximum Gasteiger partial charge on any atom is 0.183 e. The molecule has 0 saturated heterocycles. The minimum Gasteiger partial charge on any atom is -0.380 e. The van der Waals surface area contributed by atoms with Crippen molar-refractivity contribution in [3.8, 4) is 17.1 Å². The van der Waals surface area contributed by atoms with Crippen molar-refractivity contribution in [2.24, 2.45) is 0 Å². The number of nitrogens with one attached hydrogen (secondary N) is 1. The molecule has 146 valence electrons. The van der Waals surface area contributed by atoms with E-state index in [1.807, 2.05) is 35.0 Å². The predicted molar refractivity (Wildman–Crippen MR) is 117 cm³/mol. The van der Waals surface area contributed by atoms with Gasteiger partial charge in [-0.1, -0.05) is 45.0 Å². The van der Waals surface area contributed by atoms with Crippen molar-refractivity contribution in [2.75, 3.05) is 5.32 Å². The summed E-state index contributed by atoms with van der Waals surface area (Å²) in [6, 6.07) is 20.6. The van der Waals surface area contributed by atoms with Gasteiger partial charge in [0.05, 0.1) is 5.69 Å². The van der Waals surface area contributed by atoms with E-state index in [4.69, 9.17) is 5.10 Å². The molecule has 0 aliphatic carbocycles. The molecule has 0 spiro atoms. The van der Waals surface area contributed by atoms with Crippen LogP contribution in [0.1, 0.15) is 31.9 Å². The highest BCUT2D eigenvalue weighted by molar-refractivity contribution is 5.73. The van der Waals surface area contributed by atoms with Gasteiger partial charge in [0.25, 0.3) is 0 Å². The summed E-state index contributed by atoms with van der Waals surface area (Å²) in [5, 5.41) is 8.20. The molecule has 0 bridgehead atoms. The average molecular weight is 383 g/mol. The lowest BCUT2D eigenvalue weighted by molar-refractivity contribution is 0.590. The molecule has 0 aliphatic rings. The van der Waals surface area contributed by atoms with Gasteiger partial charge in [0.15, 0.2) is 5.82 Å². The van der Waals surface area contributed by atoms with Gasteiger partial charge in [0.1, 0.15) is 6.33 Å². The van der Waals surface area contributed by atoms with Gasteiger partial charge in [-0.3, -0.25) is 4.98 Å². The molecule has 2 aromatic carbocycles. The van der Waals surface area contributed by atoms with Gasteiger partial charge >= 0.3 is 0 Å². The first-order valence-electron chi connectivity index (χ1n) is 9.75. The van der Waals surface area contributed by atoms with E-state index in [-0.39, 0.29) is 5.41 Å². The first-order chi connectivity index (χ1) is 14.0. The monoisotopic (exact) mass is 383 g/mol. The van der Waals surface area contributed by atoms with E-state index in [1.54, 1.807) is 18.7 Å². The maximum atomic E-state index is 4.71. The topological polar surface area (TPSA) is 55.6 Å². The molecule has 0 unspecified atom stereocenters. The predicted octanol–water partition coefficient (Wildman–Crippen LogP) is 5.24. The molecular weight excluding hydrogens is 358 g/mol. The Morgan fingerprint density at radius 1 is 0.897 bits per heavy atom. The lowest BCUT2D eigenvalue weighted by Gasteiger charge is -2.19. The Labute approximate surface area is 171 Å². The van der Waals surface area contributed by atoms with E-state index in [1.165, 1.54) is 11.1 Å². The molecule has 0 saturated carbocycles. The van der Waals surface area contributed by atoms with E-state index >= 15 is 0 Å². The van der Waals surface area contributed by atoms with Crippen molar-refractivity contribution in [3.05, 3.63) is 90.5 Å². The number of aromatic nitrogens is 4. The highest BCUT2D eigenvalue weighted by atomic mass is 15.3. The Bertz CT molecular complexity index is 1080. The normalized spacial score (nSPS) is 11.4. The number of anilines is 1. The number of nitrogens with zero attached hydrogens (tertiary/aromatic N) is 4. The van der Waals surface area contributed by atoms with E-state index in [0.29, 0.717) is 12.4 Å². The fraction of sp³-hybridized carbons (Fsp3) is 0.208. The summed E-state index contributed by atoms with van der Waals surface area (Å²) in [6.45, 7) is 7.36. The molecule has 4 rings (SSSR count). The Morgan fingerprint density at radius 3 is 2.34 bits per heavy atom. The third kappa shape index (κ3) is 4.35. The lowest BCUT2D eigenvalue weighted by Crippen LogP contribution is -2.10. The second-order valence-corrected chi connectivity index (χ2v) is 8.06. The minimum absolute atomic E-state index is 0.130. The van der Waals surface area contributed by atoms with Crippen LogP contribution >= 0.6 is 0 Å². The quantitative estimate of drug-likeness (QED) is 0.512. The molecular formula is C24H25N5. The minimum atomic E-state index is 0.130. The van der Waals surface area contributed by atoms with Gasteiger partial charge in [0, 0.05) is 30.2 Å². The van der Waals surface area contributed by atoms with E-state index < -0.39 is 0 Å². The second kappa shape index (κ2) is 7.87. The van der Waals surface area contributed by atoms with Gasteiger partial charge in [-0.25, -0.2) is 9.67 Å². The van der Waals surface area contributed by atoms with Crippen LogP contribution in [0.3, 0.4) is 0 Å². The summed E-state index contributed by atoms with van der Waals surface area (Å²) in [6.07, 6.45) is 5.37. The zero-order valence-corrected chi connectivity index (χ0v) is 17.0. The van der Waals surface area contributed by atoms with Crippen LogP contribution < -0.4 is 5.32 Å². The number of rotatable bonds is 5. The van der Waals surface area contributed by atoms with Crippen LogP contribution in [0.4, 0.5) is 5.69 Å².